The molecule has 1 N–H and O–H groups in total. The Morgan fingerprint density at radius 2 is 1.89 bits per heavy atom. The maximum atomic E-state index is 12.1. The summed E-state index contributed by atoms with van der Waals surface area (Å²) in [6.07, 6.45) is 3.94. The first-order chi connectivity index (χ1) is 9.27. The van der Waals surface area contributed by atoms with Crippen LogP contribution >= 0.6 is 0 Å². The SMILES string of the molecule is O=C1C(C=NCN2CCCC2)=C(O)c2ccccc21. The highest BCUT2D eigenvalue weighted by molar-refractivity contribution is 6.30. The van der Waals surface area contributed by atoms with E-state index in [1.54, 1.807) is 18.2 Å². The van der Waals surface area contributed by atoms with Crippen LogP contribution in [-0.4, -0.2) is 41.8 Å². The first kappa shape index (κ1) is 12.1. The highest BCUT2D eigenvalue weighted by atomic mass is 16.3. The second-order valence-electron chi connectivity index (χ2n) is 4.92. The van der Waals surface area contributed by atoms with Crippen LogP contribution in [0.2, 0.25) is 0 Å². The zero-order valence-electron chi connectivity index (χ0n) is 10.7. The Labute approximate surface area is 112 Å². The Morgan fingerprint density at radius 3 is 2.58 bits per heavy atom. The number of aliphatic hydroxyl groups is 1. The van der Waals surface area contributed by atoms with E-state index in [1.165, 1.54) is 19.1 Å². The van der Waals surface area contributed by atoms with Crippen molar-refractivity contribution in [2.24, 2.45) is 4.99 Å². The Morgan fingerprint density at radius 1 is 1.21 bits per heavy atom. The third-order valence-corrected chi connectivity index (χ3v) is 3.63. The van der Waals surface area contributed by atoms with Gasteiger partial charge in [-0.1, -0.05) is 24.3 Å². The van der Waals surface area contributed by atoms with Crippen LogP contribution in [0.15, 0.2) is 34.8 Å². The van der Waals surface area contributed by atoms with Gasteiger partial charge in [-0.3, -0.25) is 14.7 Å². The van der Waals surface area contributed by atoms with Crippen molar-refractivity contribution in [3.05, 3.63) is 41.0 Å². The Kier molecular flexibility index (Phi) is 3.17. The van der Waals surface area contributed by atoms with E-state index in [1.807, 2.05) is 6.07 Å². The number of rotatable bonds is 3. The van der Waals surface area contributed by atoms with Gasteiger partial charge in [-0.15, -0.1) is 0 Å². The van der Waals surface area contributed by atoms with E-state index >= 15 is 0 Å². The van der Waals surface area contributed by atoms with Gasteiger partial charge in [0.1, 0.15) is 5.76 Å². The number of allylic oxidation sites excluding steroid dienone is 1. The van der Waals surface area contributed by atoms with Gasteiger partial charge >= 0.3 is 0 Å². The van der Waals surface area contributed by atoms with Crippen LogP contribution in [0.4, 0.5) is 0 Å². The summed E-state index contributed by atoms with van der Waals surface area (Å²) < 4.78 is 0. The van der Waals surface area contributed by atoms with Crippen molar-refractivity contribution >= 4 is 17.8 Å². The van der Waals surface area contributed by atoms with E-state index in [-0.39, 0.29) is 11.5 Å². The number of hydrogen-bond acceptors (Lipinski definition) is 4. The number of benzene rings is 1. The molecule has 2 aliphatic rings. The molecule has 1 aliphatic carbocycles. The lowest BCUT2D eigenvalue weighted by Gasteiger charge is -2.09. The van der Waals surface area contributed by atoms with Gasteiger partial charge in [0, 0.05) is 17.3 Å². The van der Waals surface area contributed by atoms with Crippen LogP contribution in [0.5, 0.6) is 0 Å². The third kappa shape index (κ3) is 2.19. The van der Waals surface area contributed by atoms with Crippen LogP contribution in [-0.2, 0) is 0 Å². The standard InChI is InChI=1S/C15H16N2O2/c18-14-11-5-1-2-6-12(11)15(19)13(14)9-16-10-17-7-3-4-8-17/h1-2,5-6,9,18H,3-4,7-8,10H2. The summed E-state index contributed by atoms with van der Waals surface area (Å²) in [5.41, 5.74) is 1.47. The minimum atomic E-state index is -0.140. The smallest absolute Gasteiger partial charge is 0.199 e. The van der Waals surface area contributed by atoms with Gasteiger partial charge in [-0.05, 0) is 25.9 Å². The summed E-state index contributed by atoms with van der Waals surface area (Å²) in [5.74, 6) is -0.0935. The number of nitrogens with zero attached hydrogens (tertiary/aromatic N) is 2. The fourth-order valence-electron chi connectivity index (χ4n) is 2.58. The summed E-state index contributed by atoms with van der Waals surface area (Å²) in [6, 6.07) is 7.10. The summed E-state index contributed by atoms with van der Waals surface area (Å²) in [4.78, 5) is 18.6. The Bertz CT molecular complexity index is 569. The molecule has 0 amide bonds. The maximum Gasteiger partial charge on any atom is 0.199 e. The molecular weight excluding hydrogens is 240 g/mol. The zero-order valence-corrected chi connectivity index (χ0v) is 10.7. The van der Waals surface area contributed by atoms with Gasteiger partial charge < -0.3 is 5.11 Å². The number of hydrogen-bond donors (Lipinski definition) is 1. The lowest BCUT2D eigenvalue weighted by Crippen LogP contribution is -2.19. The molecule has 0 unspecified atom stereocenters. The van der Waals surface area contributed by atoms with Gasteiger partial charge in [0.05, 0.1) is 12.2 Å². The van der Waals surface area contributed by atoms with Crippen molar-refractivity contribution in [1.29, 1.82) is 0 Å². The van der Waals surface area contributed by atoms with Gasteiger partial charge in [0.2, 0.25) is 0 Å². The van der Waals surface area contributed by atoms with Gasteiger partial charge in [-0.25, -0.2) is 0 Å². The average Bonchev–Trinajstić information content (AvgIpc) is 3.02. The normalized spacial score (nSPS) is 19.7. The largest absolute Gasteiger partial charge is 0.506 e. The summed E-state index contributed by atoms with van der Waals surface area (Å²) in [7, 11) is 0. The van der Waals surface area contributed by atoms with Crippen LogP contribution in [0.25, 0.3) is 5.76 Å². The minimum Gasteiger partial charge on any atom is -0.506 e. The number of aliphatic imine (C=N–C) groups is 1. The summed E-state index contributed by atoms with van der Waals surface area (Å²) in [6.45, 7) is 2.73. The average molecular weight is 256 g/mol. The first-order valence-electron chi connectivity index (χ1n) is 6.57. The highest BCUT2D eigenvalue weighted by Gasteiger charge is 2.27. The predicted molar refractivity (Wildman–Crippen MR) is 74.5 cm³/mol. The quantitative estimate of drug-likeness (QED) is 0.844. The molecule has 0 bridgehead atoms. The number of Topliss-reactive ketones (excluding diaryl/α,β-unsaturated/α-hetero) is 1. The number of carbonyl (C=O) groups excluding carboxylic acids is 1. The molecule has 0 saturated carbocycles. The lowest BCUT2D eigenvalue weighted by atomic mass is 10.1. The molecule has 1 aliphatic heterocycles. The molecule has 0 atom stereocenters. The van der Waals surface area contributed by atoms with Crippen LogP contribution in [0.1, 0.15) is 28.8 Å². The van der Waals surface area contributed by atoms with Crippen molar-refractivity contribution < 1.29 is 9.90 Å². The lowest BCUT2D eigenvalue weighted by molar-refractivity contribution is 0.104. The van der Waals surface area contributed by atoms with E-state index < -0.39 is 0 Å². The van der Waals surface area contributed by atoms with Gasteiger partial charge in [-0.2, -0.15) is 0 Å². The highest BCUT2D eigenvalue weighted by Crippen LogP contribution is 2.29. The first-order valence-corrected chi connectivity index (χ1v) is 6.57. The van der Waals surface area contributed by atoms with Crippen molar-refractivity contribution in [1.82, 2.24) is 4.90 Å². The fourth-order valence-corrected chi connectivity index (χ4v) is 2.58. The second-order valence-corrected chi connectivity index (χ2v) is 4.92. The summed E-state index contributed by atoms with van der Waals surface area (Å²) >= 11 is 0. The summed E-state index contributed by atoms with van der Waals surface area (Å²) in [5, 5.41) is 10.1. The molecule has 98 valence electrons. The molecule has 0 radical (unpaired) electrons. The van der Waals surface area contributed by atoms with Crippen molar-refractivity contribution in [2.75, 3.05) is 19.8 Å². The van der Waals surface area contributed by atoms with Crippen molar-refractivity contribution in [3.8, 4) is 0 Å². The molecule has 19 heavy (non-hydrogen) atoms. The monoisotopic (exact) mass is 256 g/mol. The van der Waals surface area contributed by atoms with E-state index in [4.69, 9.17) is 0 Å². The van der Waals surface area contributed by atoms with Crippen molar-refractivity contribution in [3.63, 3.8) is 0 Å². The van der Waals surface area contributed by atoms with Gasteiger partial charge in [0.15, 0.2) is 5.78 Å². The van der Waals surface area contributed by atoms with Crippen LogP contribution in [0.3, 0.4) is 0 Å². The van der Waals surface area contributed by atoms with Crippen LogP contribution < -0.4 is 0 Å². The second kappa shape index (κ2) is 4.97. The topological polar surface area (TPSA) is 52.9 Å². The number of likely N-dealkylation sites (tertiary alicyclic amines) is 1. The molecule has 1 heterocycles. The molecule has 1 saturated heterocycles. The molecule has 1 aromatic rings. The zero-order chi connectivity index (χ0) is 13.2. The van der Waals surface area contributed by atoms with E-state index in [0.717, 1.165) is 13.1 Å². The molecule has 1 aromatic carbocycles. The molecule has 4 nitrogen and oxygen atoms in total. The predicted octanol–water partition coefficient (Wildman–Crippen LogP) is 2.28. The molecule has 0 aromatic heterocycles. The molecule has 3 rings (SSSR count). The molecule has 0 spiro atoms. The third-order valence-electron chi connectivity index (χ3n) is 3.63. The van der Waals surface area contributed by atoms with E-state index in [2.05, 4.69) is 9.89 Å². The van der Waals surface area contributed by atoms with E-state index in [0.29, 0.717) is 23.4 Å². The number of ketones is 1. The fraction of sp³-hybridized carbons (Fsp3) is 0.333. The minimum absolute atomic E-state index is 0.0470. The molecule has 4 heteroatoms. The number of aliphatic hydroxyl groups excluding tert-OH is 1. The number of carbonyl (C=O) groups is 1. The van der Waals surface area contributed by atoms with Crippen LogP contribution in [0, 0.1) is 0 Å². The van der Waals surface area contributed by atoms with E-state index in [9.17, 15) is 9.90 Å². The molecule has 1 fully saturated rings. The van der Waals surface area contributed by atoms with Gasteiger partial charge in [0.25, 0.3) is 0 Å². The van der Waals surface area contributed by atoms with Crippen molar-refractivity contribution in [2.45, 2.75) is 12.8 Å². The Hall–Kier alpha value is -1.94. The Balaban J connectivity index is 1.77. The maximum absolute atomic E-state index is 12.1. The molecular formula is C15H16N2O2. The number of fused-ring (bicyclic) bond motifs is 1.